The number of hydrogen-bond acceptors (Lipinski definition) is 3. The van der Waals surface area contributed by atoms with E-state index in [1.165, 1.54) is 0 Å². The van der Waals surface area contributed by atoms with Crippen molar-refractivity contribution in [3.05, 3.63) is 24.2 Å². The summed E-state index contributed by atoms with van der Waals surface area (Å²) in [4.78, 5) is 0. The fourth-order valence-corrected chi connectivity index (χ4v) is 1.32. The van der Waals surface area contributed by atoms with Gasteiger partial charge in [0.05, 0.1) is 18.9 Å². The Hall–Kier alpha value is -0.800. The van der Waals surface area contributed by atoms with Crippen LogP contribution in [0.5, 0.6) is 0 Å². The fourth-order valence-electron chi connectivity index (χ4n) is 1.32. The smallest absolute Gasteiger partial charge is 0.123 e. The molecule has 0 saturated heterocycles. The van der Waals surface area contributed by atoms with E-state index in [2.05, 4.69) is 19.2 Å². The molecule has 1 aromatic heterocycles. The zero-order valence-corrected chi connectivity index (χ0v) is 8.95. The molecule has 0 bridgehead atoms. The van der Waals surface area contributed by atoms with Crippen molar-refractivity contribution < 1.29 is 9.15 Å². The quantitative estimate of drug-likeness (QED) is 0.681. The summed E-state index contributed by atoms with van der Waals surface area (Å²) in [6, 6.07) is 4.06. The first kappa shape index (κ1) is 11.3. The summed E-state index contributed by atoms with van der Waals surface area (Å²) in [6.07, 6.45) is 2.75. The fraction of sp³-hybridized carbons (Fsp3) is 0.636. The molecule has 0 aliphatic rings. The van der Waals surface area contributed by atoms with Gasteiger partial charge in [-0.3, -0.25) is 0 Å². The minimum atomic E-state index is 0.182. The van der Waals surface area contributed by atoms with E-state index in [1.807, 2.05) is 12.1 Å². The SMILES string of the molecule is CCCOCC(NCC)c1ccco1. The number of hydrogen-bond donors (Lipinski definition) is 1. The van der Waals surface area contributed by atoms with E-state index in [-0.39, 0.29) is 6.04 Å². The van der Waals surface area contributed by atoms with Gasteiger partial charge in [-0.25, -0.2) is 0 Å². The van der Waals surface area contributed by atoms with Crippen LogP contribution in [0.25, 0.3) is 0 Å². The Kier molecular flexibility index (Phi) is 5.33. The summed E-state index contributed by atoms with van der Waals surface area (Å²) < 4.78 is 10.8. The van der Waals surface area contributed by atoms with Gasteiger partial charge in [-0.05, 0) is 25.1 Å². The molecule has 0 fully saturated rings. The van der Waals surface area contributed by atoms with Crippen LogP contribution in [0.1, 0.15) is 32.1 Å². The molecule has 0 saturated carbocycles. The predicted octanol–water partition coefficient (Wildman–Crippen LogP) is 2.36. The minimum absolute atomic E-state index is 0.182. The van der Waals surface area contributed by atoms with Crippen molar-refractivity contribution in [2.45, 2.75) is 26.3 Å². The van der Waals surface area contributed by atoms with Crippen LogP contribution in [0.3, 0.4) is 0 Å². The van der Waals surface area contributed by atoms with Gasteiger partial charge in [0, 0.05) is 6.61 Å². The first-order chi connectivity index (χ1) is 6.88. The maximum absolute atomic E-state index is 5.50. The summed E-state index contributed by atoms with van der Waals surface area (Å²) in [5, 5.41) is 3.33. The van der Waals surface area contributed by atoms with Crippen LogP contribution in [0.15, 0.2) is 22.8 Å². The molecule has 0 aliphatic heterocycles. The molecule has 1 rings (SSSR count). The van der Waals surface area contributed by atoms with Crippen molar-refractivity contribution in [2.24, 2.45) is 0 Å². The van der Waals surface area contributed by atoms with Crippen LogP contribution in [-0.4, -0.2) is 19.8 Å². The molecule has 1 heterocycles. The Morgan fingerprint density at radius 2 is 2.36 bits per heavy atom. The summed E-state index contributed by atoms with van der Waals surface area (Å²) >= 11 is 0. The molecular formula is C11H19NO2. The highest BCUT2D eigenvalue weighted by Crippen LogP contribution is 2.13. The molecule has 0 amide bonds. The van der Waals surface area contributed by atoms with Crippen molar-refractivity contribution in [1.82, 2.24) is 5.32 Å². The minimum Gasteiger partial charge on any atom is -0.468 e. The highest BCUT2D eigenvalue weighted by atomic mass is 16.5. The summed E-state index contributed by atoms with van der Waals surface area (Å²) in [5.41, 5.74) is 0. The maximum Gasteiger partial charge on any atom is 0.123 e. The van der Waals surface area contributed by atoms with Crippen molar-refractivity contribution in [3.63, 3.8) is 0 Å². The van der Waals surface area contributed by atoms with E-state index in [4.69, 9.17) is 9.15 Å². The lowest BCUT2D eigenvalue weighted by molar-refractivity contribution is 0.106. The average molecular weight is 197 g/mol. The largest absolute Gasteiger partial charge is 0.468 e. The van der Waals surface area contributed by atoms with Gasteiger partial charge in [0.15, 0.2) is 0 Å². The van der Waals surface area contributed by atoms with Gasteiger partial charge in [0.1, 0.15) is 5.76 Å². The monoisotopic (exact) mass is 197 g/mol. The van der Waals surface area contributed by atoms with Crippen LogP contribution in [0.2, 0.25) is 0 Å². The van der Waals surface area contributed by atoms with E-state index >= 15 is 0 Å². The Morgan fingerprint density at radius 3 is 2.93 bits per heavy atom. The van der Waals surface area contributed by atoms with Crippen molar-refractivity contribution in [1.29, 1.82) is 0 Å². The standard InChI is InChI=1S/C11H19NO2/c1-3-7-13-9-10(12-4-2)11-6-5-8-14-11/h5-6,8,10,12H,3-4,7,9H2,1-2H3. The van der Waals surface area contributed by atoms with Crippen molar-refractivity contribution >= 4 is 0 Å². The Bertz CT molecular complexity index is 221. The summed E-state index contributed by atoms with van der Waals surface area (Å²) in [6.45, 7) is 6.59. The second-order valence-electron chi connectivity index (χ2n) is 3.20. The lowest BCUT2D eigenvalue weighted by Crippen LogP contribution is -2.25. The molecule has 1 N–H and O–H groups in total. The Balaban J connectivity index is 2.39. The van der Waals surface area contributed by atoms with E-state index < -0.39 is 0 Å². The molecule has 0 radical (unpaired) electrons. The third kappa shape index (κ3) is 3.52. The maximum atomic E-state index is 5.50. The second kappa shape index (κ2) is 6.62. The molecule has 0 spiro atoms. The first-order valence-corrected chi connectivity index (χ1v) is 5.23. The number of likely N-dealkylation sites (N-methyl/N-ethyl adjacent to an activating group) is 1. The van der Waals surface area contributed by atoms with Crippen LogP contribution < -0.4 is 5.32 Å². The van der Waals surface area contributed by atoms with E-state index in [1.54, 1.807) is 6.26 Å². The molecule has 1 atom stereocenters. The van der Waals surface area contributed by atoms with Gasteiger partial charge >= 0.3 is 0 Å². The number of ether oxygens (including phenoxy) is 1. The Labute approximate surface area is 85.4 Å². The van der Waals surface area contributed by atoms with Crippen LogP contribution in [0.4, 0.5) is 0 Å². The molecule has 1 aromatic rings. The zero-order chi connectivity index (χ0) is 10.2. The van der Waals surface area contributed by atoms with E-state index in [0.717, 1.165) is 25.3 Å². The first-order valence-electron chi connectivity index (χ1n) is 5.23. The van der Waals surface area contributed by atoms with Gasteiger partial charge in [0.25, 0.3) is 0 Å². The molecule has 3 nitrogen and oxygen atoms in total. The van der Waals surface area contributed by atoms with Gasteiger partial charge in [-0.1, -0.05) is 13.8 Å². The van der Waals surface area contributed by atoms with Gasteiger partial charge in [-0.15, -0.1) is 0 Å². The third-order valence-corrected chi connectivity index (χ3v) is 1.97. The summed E-state index contributed by atoms with van der Waals surface area (Å²) in [7, 11) is 0. The molecule has 14 heavy (non-hydrogen) atoms. The zero-order valence-electron chi connectivity index (χ0n) is 8.95. The van der Waals surface area contributed by atoms with Gasteiger partial charge < -0.3 is 14.5 Å². The van der Waals surface area contributed by atoms with Gasteiger partial charge in [-0.2, -0.15) is 0 Å². The van der Waals surface area contributed by atoms with Crippen molar-refractivity contribution in [3.8, 4) is 0 Å². The molecular weight excluding hydrogens is 178 g/mol. The van der Waals surface area contributed by atoms with Crippen molar-refractivity contribution in [2.75, 3.05) is 19.8 Å². The average Bonchev–Trinajstić information content (AvgIpc) is 2.70. The molecule has 0 aromatic carbocycles. The highest BCUT2D eigenvalue weighted by Gasteiger charge is 2.12. The lowest BCUT2D eigenvalue weighted by Gasteiger charge is -2.15. The second-order valence-corrected chi connectivity index (χ2v) is 3.20. The number of furan rings is 1. The van der Waals surface area contributed by atoms with E-state index in [0.29, 0.717) is 6.61 Å². The lowest BCUT2D eigenvalue weighted by atomic mass is 10.2. The predicted molar refractivity (Wildman–Crippen MR) is 56.2 cm³/mol. The number of nitrogens with one attached hydrogen (secondary N) is 1. The topological polar surface area (TPSA) is 34.4 Å². The molecule has 1 unspecified atom stereocenters. The molecule has 80 valence electrons. The van der Waals surface area contributed by atoms with Gasteiger partial charge in [0.2, 0.25) is 0 Å². The Morgan fingerprint density at radius 1 is 1.50 bits per heavy atom. The van der Waals surface area contributed by atoms with E-state index in [9.17, 15) is 0 Å². The molecule has 0 aliphatic carbocycles. The van der Waals surface area contributed by atoms with Crippen LogP contribution in [-0.2, 0) is 4.74 Å². The number of rotatable bonds is 7. The third-order valence-electron chi connectivity index (χ3n) is 1.97. The summed E-state index contributed by atoms with van der Waals surface area (Å²) in [5.74, 6) is 0.947. The highest BCUT2D eigenvalue weighted by molar-refractivity contribution is 5.04. The molecule has 3 heteroatoms. The van der Waals surface area contributed by atoms with Crippen LogP contribution >= 0.6 is 0 Å². The normalized spacial score (nSPS) is 13.0. The van der Waals surface area contributed by atoms with Crippen LogP contribution in [0, 0.1) is 0 Å².